The summed E-state index contributed by atoms with van der Waals surface area (Å²) in [5.74, 6) is 1.23. The van der Waals surface area contributed by atoms with Gasteiger partial charge in [0.05, 0.1) is 25.8 Å². The molecule has 0 unspecified atom stereocenters. The Bertz CT molecular complexity index is 1050. The van der Waals surface area contributed by atoms with E-state index in [1.807, 2.05) is 31.2 Å². The minimum Gasteiger partial charge on any atom is -0.497 e. The SMILES string of the molecule is CCOC(=O)c1ccc(NC(=S)NCc2nc(-c3cccc(OC)c3)no2)c(C)c1. The Labute approximate surface area is 179 Å². The standard InChI is InChI=1S/C21H22N4O4S/c1-4-28-20(26)15-8-9-17(13(2)10-15)23-21(30)22-12-18-24-19(25-29-18)14-6-5-7-16(11-14)27-3/h5-11H,4,12H2,1-3H3,(H2,22,23,30). The van der Waals surface area contributed by atoms with Gasteiger partial charge in [0.15, 0.2) is 5.11 Å². The van der Waals surface area contributed by atoms with Crippen molar-refractivity contribution in [3.63, 3.8) is 0 Å². The summed E-state index contributed by atoms with van der Waals surface area (Å²) >= 11 is 5.33. The number of esters is 1. The van der Waals surface area contributed by atoms with Crippen molar-refractivity contribution in [3.8, 4) is 17.1 Å². The molecule has 0 radical (unpaired) electrons. The topological polar surface area (TPSA) is 98.5 Å². The summed E-state index contributed by atoms with van der Waals surface area (Å²) in [6.45, 7) is 4.25. The molecule has 3 aromatic rings. The summed E-state index contributed by atoms with van der Waals surface area (Å²) in [4.78, 5) is 16.2. The Morgan fingerprint density at radius 2 is 2.07 bits per heavy atom. The number of thiocarbonyl (C=S) groups is 1. The molecule has 2 N–H and O–H groups in total. The van der Waals surface area contributed by atoms with E-state index in [2.05, 4.69) is 20.8 Å². The number of ether oxygens (including phenoxy) is 2. The van der Waals surface area contributed by atoms with Crippen molar-refractivity contribution >= 4 is 29.0 Å². The van der Waals surface area contributed by atoms with E-state index in [1.165, 1.54) is 0 Å². The molecule has 1 heterocycles. The molecule has 0 fully saturated rings. The Morgan fingerprint density at radius 3 is 2.80 bits per heavy atom. The number of methoxy groups -OCH3 is 1. The third kappa shape index (κ3) is 5.32. The quantitative estimate of drug-likeness (QED) is 0.433. The number of anilines is 1. The van der Waals surface area contributed by atoms with Crippen molar-refractivity contribution in [1.82, 2.24) is 15.5 Å². The average molecular weight is 426 g/mol. The van der Waals surface area contributed by atoms with E-state index in [0.717, 1.165) is 16.8 Å². The number of aromatic nitrogens is 2. The molecule has 0 aliphatic heterocycles. The summed E-state index contributed by atoms with van der Waals surface area (Å²) in [6, 6.07) is 12.6. The zero-order chi connectivity index (χ0) is 21.5. The van der Waals surface area contributed by atoms with Crippen LogP contribution in [-0.4, -0.2) is 34.9 Å². The number of nitrogens with one attached hydrogen (secondary N) is 2. The van der Waals surface area contributed by atoms with Gasteiger partial charge in [-0.25, -0.2) is 4.79 Å². The van der Waals surface area contributed by atoms with Crippen LogP contribution in [0.2, 0.25) is 0 Å². The van der Waals surface area contributed by atoms with Crippen LogP contribution in [0, 0.1) is 6.92 Å². The second-order valence-corrected chi connectivity index (χ2v) is 6.71. The summed E-state index contributed by atoms with van der Waals surface area (Å²) in [5, 5.41) is 10.5. The van der Waals surface area contributed by atoms with E-state index < -0.39 is 0 Å². The Balaban J connectivity index is 1.57. The largest absolute Gasteiger partial charge is 0.497 e. The molecule has 0 spiro atoms. The normalized spacial score (nSPS) is 10.4. The molecule has 0 atom stereocenters. The number of carbonyl (C=O) groups excluding carboxylic acids is 1. The highest BCUT2D eigenvalue weighted by Crippen LogP contribution is 2.21. The van der Waals surface area contributed by atoms with Crippen LogP contribution in [0.1, 0.15) is 28.7 Å². The van der Waals surface area contributed by atoms with Gasteiger partial charge >= 0.3 is 5.97 Å². The van der Waals surface area contributed by atoms with Crippen LogP contribution < -0.4 is 15.4 Å². The molecule has 0 saturated carbocycles. The first-order valence-corrected chi connectivity index (χ1v) is 9.70. The zero-order valence-corrected chi connectivity index (χ0v) is 17.7. The first kappa shape index (κ1) is 21.3. The van der Waals surface area contributed by atoms with Crippen LogP contribution in [0.15, 0.2) is 47.0 Å². The van der Waals surface area contributed by atoms with Gasteiger partial charge in [-0.15, -0.1) is 0 Å². The van der Waals surface area contributed by atoms with Crippen molar-refractivity contribution in [2.45, 2.75) is 20.4 Å². The Morgan fingerprint density at radius 1 is 1.23 bits per heavy atom. The lowest BCUT2D eigenvalue weighted by atomic mass is 10.1. The molecular formula is C21H22N4O4S. The van der Waals surface area contributed by atoms with Gasteiger partial charge in [0, 0.05) is 11.3 Å². The predicted molar refractivity (Wildman–Crippen MR) is 116 cm³/mol. The van der Waals surface area contributed by atoms with Gasteiger partial charge in [-0.3, -0.25) is 0 Å². The molecule has 0 aliphatic carbocycles. The number of rotatable bonds is 7. The number of hydrogen-bond donors (Lipinski definition) is 2. The van der Waals surface area contributed by atoms with Gasteiger partial charge < -0.3 is 24.6 Å². The molecule has 0 amide bonds. The first-order valence-electron chi connectivity index (χ1n) is 9.29. The summed E-state index contributed by atoms with van der Waals surface area (Å²) < 4.78 is 15.5. The third-order valence-electron chi connectivity index (χ3n) is 4.18. The Kier molecular flexibility index (Phi) is 6.97. The fourth-order valence-corrected chi connectivity index (χ4v) is 2.86. The molecular weight excluding hydrogens is 404 g/mol. The smallest absolute Gasteiger partial charge is 0.338 e. The summed E-state index contributed by atoms with van der Waals surface area (Å²) in [5.41, 5.74) is 2.93. The fourth-order valence-electron chi connectivity index (χ4n) is 2.67. The highest BCUT2D eigenvalue weighted by molar-refractivity contribution is 7.80. The molecule has 0 aliphatic rings. The van der Waals surface area contributed by atoms with Gasteiger partial charge in [0.2, 0.25) is 11.7 Å². The lowest BCUT2D eigenvalue weighted by molar-refractivity contribution is 0.0526. The van der Waals surface area contributed by atoms with Crippen molar-refractivity contribution in [2.24, 2.45) is 0 Å². The summed E-state index contributed by atoms with van der Waals surface area (Å²) in [6.07, 6.45) is 0. The first-order chi connectivity index (χ1) is 14.5. The second kappa shape index (κ2) is 9.84. The maximum Gasteiger partial charge on any atom is 0.338 e. The predicted octanol–water partition coefficient (Wildman–Crippen LogP) is 3.72. The Hall–Kier alpha value is -3.46. The minimum absolute atomic E-state index is 0.267. The van der Waals surface area contributed by atoms with Crippen molar-refractivity contribution in [2.75, 3.05) is 19.0 Å². The van der Waals surface area contributed by atoms with E-state index in [9.17, 15) is 4.79 Å². The van der Waals surface area contributed by atoms with Gasteiger partial charge in [-0.05, 0) is 62.0 Å². The van der Waals surface area contributed by atoms with E-state index >= 15 is 0 Å². The van der Waals surface area contributed by atoms with Crippen LogP contribution in [0.3, 0.4) is 0 Å². The zero-order valence-electron chi connectivity index (χ0n) is 16.9. The van der Waals surface area contributed by atoms with E-state index in [-0.39, 0.29) is 12.5 Å². The van der Waals surface area contributed by atoms with Crippen LogP contribution in [0.5, 0.6) is 5.75 Å². The van der Waals surface area contributed by atoms with Crippen LogP contribution in [0.25, 0.3) is 11.4 Å². The van der Waals surface area contributed by atoms with Gasteiger partial charge in [-0.2, -0.15) is 4.98 Å². The number of aryl methyl sites for hydroxylation is 1. The fraction of sp³-hybridized carbons (Fsp3) is 0.238. The highest BCUT2D eigenvalue weighted by atomic mass is 32.1. The van der Waals surface area contributed by atoms with E-state index in [4.69, 9.17) is 26.2 Å². The molecule has 156 valence electrons. The maximum atomic E-state index is 11.8. The van der Waals surface area contributed by atoms with E-state index in [0.29, 0.717) is 34.7 Å². The van der Waals surface area contributed by atoms with Gasteiger partial charge in [-0.1, -0.05) is 17.3 Å². The van der Waals surface area contributed by atoms with Crippen molar-refractivity contribution < 1.29 is 18.8 Å². The number of nitrogens with zero attached hydrogens (tertiary/aromatic N) is 2. The lowest BCUT2D eigenvalue weighted by Gasteiger charge is -2.12. The number of hydrogen-bond acceptors (Lipinski definition) is 7. The summed E-state index contributed by atoms with van der Waals surface area (Å²) in [7, 11) is 1.60. The van der Waals surface area contributed by atoms with Crippen LogP contribution >= 0.6 is 12.2 Å². The van der Waals surface area contributed by atoms with Crippen molar-refractivity contribution in [3.05, 3.63) is 59.5 Å². The monoisotopic (exact) mass is 426 g/mol. The molecule has 2 aromatic carbocycles. The lowest BCUT2D eigenvalue weighted by Crippen LogP contribution is -2.28. The maximum absolute atomic E-state index is 11.8. The van der Waals surface area contributed by atoms with E-state index in [1.54, 1.807) is 32.2 Å². The number of carbonyl (C=O) groups is 1. The van der Waals surface area contributed by atoms with Gasteiger partial charge in [0.1, 0.15) is 5.75 Å². The second-order valence-electron chi connectivity index (χ2n) is 6.30. The van der Waals surface area contributed by atoms with Crippen LogP contribution in [-0.2, 0) is 11.3 Å². The van der Waals surface area contributed by atoms with Crippen molar-refractivity contribution in [1.29, 1.82) is 0 Å². The average Bonchev–Trinajstić information content (AvgIpc) is 3.23. The molecule has 9 heteroatoms. The highest BCUT2D eigenvalue weighted by Gasteiger charge is 2.11. The molecule has 0 saturated heterocycles. The number of benzene rings is 2. The minimum atomic E-state index is -0.351. The van der Waals surface area contributed by atoms with Crippen LogP contribution in [0.4, 0.5) is 5.69 Å². The molecule has 1 aromatic heterocycles. The molecule has 8 nitrogen and oxygen atoms in total. The van der Waals surface area contributed by atoms with Gasteiger partial charge in [0.25, 0.3) is 0 Å². The molecule has 30 heavy (non-hydrogen) atoms. The molecule has 0 bridgehead atoms. The third-order valence-corrected chi connectivity index (χ3v) is 4.43. The molecule has 3 rings (SSSR count).